The molecule has 0 aliphatic rings. The molecule has 1 amide bonds. The van der Waals surface area contributed by atoms with Gasteiger partial charge in [0.1, 0.15) is 11.8 Å². The number of hydrogen-bond donors (Lipinski definition) is 2. The van der Waals surface area contributed by atoms with E-state index in [0.717, 1.165) is 21.5 Å². The van der Waals surface area contributed by atoms with E-state index in [-0.39, 0.29) is 5.91 Å². The van der Waals surface area contributed by atoms with Gasteiger partial charge in [0, 0.05) is 17.1 Å². The summed E-state index contributed by atoms with van der Waals surface area (Å²) in [5, 5.41) is 11.4. The molecule has 0 fully saturated rings. The number of benzene rings is 1. The van der Waals surface area contributed by atoms with Crippen molar-refractivity contribution in [2.45, 2.75) is 25.1 Å². The fourth-order valence-corrected chi connectivity index (χ4v) is 3.25. The van der Waals surface area contributed by atoms with Crippen molar-refractivity contribution < 1.29 is 19.4 Å². The maximum atomic E-state index is 11.0. The second kappa shape index (κ2) is 8.94. The van der Waals surface area contributed by atoms with E-state index in [1.54, 1.807) is 18.9 Å². The van der Waals surface area contributed by atoms with Crippen LogP contribution in [0.3, 0.4) is 0 Å². The molecule has 0 aliphatic heterocycles. The number of rotatable bonds is 8. The maximum absolute atomic E-state index is 11.0. The largest absolute Gasteiger partial charge is 0.497 e. The van der Waals surface area contributed by atoms with Crippen LogP contribution in [0.2, 0.25) is 0 Å². The summed E-state index contributed by atoms with van der Waals surface area (Å²) in [4.78, 5) is 21.9. The van der Waals surface area contributed by atoms with Crippen LogP contribution in [0.4, 0.5) is 0 Å². The molecule has 2 N–H and O–H groups in total. The number of halogens is 1. The van der Waals surface area contributed by atoms with Crippen molar-refractivity contribution in [2.75, 3.05) is 12.9 Å². The average molecular weight is 376 g/mol. The number of carbonyl (C=O) groups excluding carboxylic acids is 1. The third-order valence-electron chi connectivity index (χ3n) is 2.74. The zero-order valence-electron chi connectivity index (χ0n) is 11.9. The molecule has 0 aromatic heterocycles. The lowest BCUT2D eigenvalue weighted by atomic mass is 10.2. The molecule has 1 aromatic rings. The SMILES string of the molecule is COc1ccc(Br)c(CSCCC(NC(C)=O)C(=O)O)c1. The van der Waals surface area contributed by atoms with E-state index in [0.29, 0.717) is 12.2 Å². The zero-order valence-corrected chi connectivity index (χ0v) is 14.3. The molecule has 0 bridgehead atoms. The van der Waals surface area contributed by atoms with Gasteiger partial charge < -0.3 is 15.2 Å². The molecule has 0 aliphatic carbocycles. The Morgan fingerprint density at radius 2 is 2.19 bits per heavy atom. The van der Waals surface area contributed by atoms with E-state index < -0.39 is 12.0 Å². The number of carboxylic acids is 1. The quantitative estimate of drug-likeness (QED) is 0.683. The molecule has 7 heteroatoms. The molecule has 1 atom stereocenters. The molecule has 0 heterocycles. The first-order valence-electron chi connectivity index (χ1n) is 6.34. The first-order valence-corrected chi connectivity index (χ1v) is 8.29. The summed E-state index contributed by atoms with van der Waals surface area (Å²) < 4.78 is 6.17. The molecule has 0 spiro atoms. The lowest BCUT2D eigenvalue weighted by Crippen LogP contribution is -2.39. The molecule has 0 saturated carbocycles. The van der Waals surface area contributed by atoms with E-state index in [9.17, 15) is 9.59 Å². The van der Waals surface area contributed by atoms with Gasteiger partial charge in [0.2, 0.25) is 5.91 Å². The Bertz CT molecular complexity index is 510. The minimum absolute atomic E-state index is 0.331. The second-order valence-corrected chi connectivity index (χ2v) is 6.35. The van der Waals surface area contributed by atoms with Crippen LogP contribution in [0.15, 0.2) is 22.7 Å². The second-order valence-electron chi connectivity index (χ2n) is 4.39. The molecule has 1 rings (SSSR count). The number of carboxylic acid groups (broad SMARTS) is 1. The number of ether oxygens (including phenoxy) is 1. The van der Waals surface area contributed by atoms with Crippen LogP contribution in [-0.4, -0.2) is 35.9 Å². The van der Waals surface area contributed by atoms with Crippen LogP contribution in [0.25, 0.3) is 0 Å². The molecular weight excluding hydrogens is 358 g/mol. The highest BCUT2D eigenvalue weighted by Gasteiger charge is 2.17. The summed E-state index contributed by atoms with van der Waals surface area (Å²) in [6, 6.07) is 4.91. The smallest absolute Gasteiger partial charge is 0.326 e. The van der Waals surface area contributed by atoms with E-state index in [2.05, 4.69) is 21.2 Å². The van der Waals surface area contributed by atoms with Crippen molar-refractivity contribution in [1.82, 2.24) is 5.32 Å². The maximum Gasteiger partial charge on any atom is 0.326 e. The predicted molar refractivity (Wildman–Crippen MR) is 86.7 cm³/mol. The van der Waals surface area contributed by atoms with Gasteiger partial charge in [-0.25, -0.2) is 4.79 Å². The predicted octanol–water partition coefficient (Wildman–Crippen LogP) is 2.67. The summed E-state index contributed by atoms with van der Waals surface area (Å²) in [5.41, 5.74) is 1.09. The Labute approximate surface area is 136 Å². The summed E-state index contributed by atoms with van der Waals surface area (Å²) in [7, 11) is 1.62. The molecule has 0 saturated heterocycles. The highest BCUT2D eigenvalue weighted by atomic mass is 79.9. The number of aliphatic carboxylic acids is 1. The van der Waals surface area contributed by atoms with E-state index in [4.69, 9.17) is 9.84 Å². The minimum Gasteiger partial charge on any atom is -0.497 e. The normalized spacial score (nSPS) is 11.8. The first-order chi connectivity index (χ1) is 9.93. The van der Waals surface area contributed by atoms with E-state index >= 15 is 0 Å². The van der Waals surface area contributed by atoms with E-state index in [1.807, 2.05) is 18.2 Å². The molecule has 116 valence electrons. The Balaban J connectivity index is 2.46. The number of carbonyl (C=O) groups is 2. The van der Waals surface area contributed by atoms with Gasteiger partial charge in [-0.05, 0) is 35.9 Å². The standard InChI is InChI=1S/C14H18BrNO4S/c1-9(17)16-13(14(18)19)5-6-21-8-10-7-11(20-2)3-4-12(10)15/h3-4,7,13H,5-6,8H2,1-2H3,(H,16,17)(H,18,19). The molecule has 1 unspecified atom stereocenters. The number of thioether (sulfide) groups is 1. The van der Waals surface area contributed by atoms with Gasteiger partial charge >= 0.3 is 5.97 Å². The summed E-state index contributed by atoms with van der Waals surface area (Å²) in [5.74, 6) is 0.831. The van der Waals surface area contributed by atoms with Crippen molar-refractivity contribution in [3.63, 3.8) is 0 Å². The minimum atomic E-state index is -1.01. The topological polar surface area (TPSA) is 75.6 Å². The fraction of sp³-hybridized carbons (Fsp3) is 0.429. The van der Waals surface area contributed by atoms with Gasteiger partial charge in [-0.1, -0.05) is 15.9 Å². The third-order valence-corrected chi connectivity index (χ3v) is 4.55. The van der Waals surface area contributed by atoms with Crippen LogP contribution in [0, 0.1) is 0 Å². The van der Waals surface area contributed by atoms with Crippen LogP contribution in [-0.2, 0) is 15.3 Å². The van der Waals surface area contributed by atoms with Crippen molar-refractivity contribution in [1.29, 1.82) is 0 Å². The average Bonchev–Trinajstić information content (AvgIpc) is 2.43. The molecule has 0 radical (unpaired) electrons. The fourth-order valence-electron chi connectivity index (χ4n) is 1.67. The Hall–Kier alpha value is -1.21. The highest BCUT2D eigenvalue weighted by molar-refractivity contribution is 9.10. The summed E-state index contributed by atoms with van der Waals surface area (Å²) >= 11 is 5.09. The number of hydrogen-bond acceptors (Lipinski definition) is 4. The molecular formula is C14H18BrNO4S. The highest BCUT2D eigenvalue weighted by Crippen LogP contribution is 2.26. The monoisotopic (exact) mass is 375 g/mol. The molecule has 21 heavy (non-hydrogen) atoms. The number of amides is 1. The van der Waals surface area contributed by atoms with Gasteiger partial charge in [0.25, 0.3) is 0 Å². The van der Waals surface area contributed by atoms with Crippen molar-refractivity contribution in [3.05, 3.63) is 28.2 Å². The Kier molecular flexibility index (Phi) is 7.60. The first kappa shape index (κ1) is 17.8. The van der Waals surface area contributed by atoms with Crippen LogP contribution >= 0.6 is 27.7 Å². The zero-order chi connectivity index (χ0) is 15.8. The van der Waals surface area contributed by atoms with Crippen molar-refractivity contribution in [2.24, 2.45) is 0 Å². The van der Waals surface area contributed by atoms with Crippen LogP contribution in [0.1, 0.15) is 18.9 Å². The van der Waals surface area contributed by atoms with Gasteiger partial charge in [0.05, 0.1) is 7.11 Å². The van der Waals surface area contributed by atoms with E-state index in [1.165, 1.54) is 6.92 Å². The lowest BCUT2D eigenvalue weighted by molar-refractivity contribution is -0.141. The number of nitrogens with one attached hydrogen (secondary N) is 1. The third kappa shape index (κ3) is 6.39. The lowest BCUT2D eigenvalue weighted by Gasteiger charge is -2.13. The van der Waals surface area contributed by atoms with Crippen molar-refractivity contribution >= 4 is 39.6 Å². The summed E-state index contributed by atoms with van der Waals surface area (Å²) in [6.45, 7) is 1.32. The van der Waals surface area contributed by atoms with Gasteiger partial charge in [0.15, 0.2) is 0 Å². The van der Waals surface area contributed by atoms with Gasteiger partial charge in [-0.2, -0.15) is 11.8 Å². The Morgan fingerprint density at radius 1 is 1.48 bits per heavy atom. The van der Waals surface area contributed by atoms with Crippen molar-refractivity contribution in [3.8, 4) is 5.75 Å². The Morgan fingerprint density at radius 3 is 2.76 bits per heavy atom. The van der Waals surface area contributed by atoms with Crippen LogP contribution in [0.5, 0.6) is 5.75 Å². The summed E-state index contributed by atoms with van der Waals surface area (Å²) in [6.07, 6.45) is 0.390. The molecule has 5 nitrogen and oxygen atoms in total. The number of methoxy groups -OCH3 is 1. The van der Waals surface area contributed by atoms with Gasteiger partial charge in [-0.3, -0.25) is 4.79 Å². The van der Waals surface area contributed by atoms with Gasteiger partial charge in [-0.15, -0.1) is 0 Å². The molecule has 1 aromatic carbocycles. The van der Waals surface area contributed by atoms with Crippen LogP contribution < -0.4 is 10.1 Å².